The van der Waals surface area contributed by atoms with Crippen LogP contribution < -0.4 is 5.32 Å². The number of halogens is 3. The lowest BCUT2D eigenvalue weighted by molar-refractivity contribution is -0.124. The van der Waals surface area contributed by atoms with Crippen LogP contribution >= 0.6 is 23.2 Å². The first-order valence-electron chi connectivity index (χ1n) is 13.2. The van der Waals surface area contributed by atoms with Gasteiger partial charge in [0.25, 0.3) is 0 Å². The number of allylic oxidation sites excluding steroid dienone is 4. The van der Waals surface area contributed by atoms with Crippen LogP contribution in [-0.4, -0.2) is 54.8 Å². The van der Waals surface area contributed by atoms with Gasteiger partial charge in [-0.3, -0.25) is 9.79 Å². The van der Waals surface area contributed by atoms with E-state index in [1.165, 1.54) is 6.07 Å². The number of nitrogens with one attached hydrogen (secondary N) is 1. The summed E-state index contributed by atoms with van der Waals surface area (Å²) in [5, 5.41) is 4.46. The number of benzene rings is 2. The predicted octanol–water partition coefficient (Wildman–Crippen LogP) is 6.08. The van der Waals surface area contributed by atoms with Gasteiger partial charge < -0.3 is 15.1 Å². The molecule has 0 saturated carbocycles. The SMILES string of the molecule is Cc1ccc(F)cc1[C@H]1N=C(N2CCN(C)CC2)C[C@@H](C2C=CC=C(Cl)C2)[C@]12C(=O)Nc1cc(Cl)ccc12. The second-order valence-corrected chi connectivity index (χ2v) is 11.9. The van der Waals surface area contributed by atoms with Gasteiger partial charge in [-0.05, 0) is 79.3 Å². The van der Waals surface area contributed by atoms with E-state index in [0.717, 1.165) is 53.7 Å². The average Bonchev–Trinajstić information content (AvgIpc) is 3.17. The predicted molar refractivity (Wildman–Crippen MR) is 151 cm³/mol. The summed E-state index contributed by atoms with van der Waals surface area (Å²) in [6, 6.07) is 9.78. The molecule has 3 heterocycles. The van der Waals surface area contributed by atoms with Gasteiger partial charge in [0.15, 0.2) is 0 Å². The maximum absolute atomic E-state index is 14.8. The summed E-state index contributed by atoms with van der Waals surface area (Å²) >= 11 is 12.9. The lowest BCUT2D eigenvalue weighted by atomic mass is 9.57. The molecule has 8 heteroatoms. The highest BCUT2D eigenvalue weighted by Gasteiger charge is 2.61. The quantitative estimate of drug-likeness (QED) is 0.490. The third-order valence-corrected chi connectivity index (χ3v) is 9.25. The summed E-state index contributed by atoms with van der Waals surface area (Å²) in [5.74, 6) is 0.389. The second kappa shape index (κ2) is 9.82. The Bertz CT molecular complexity index is 1380. The Morgan fingerprint density at radius 2 is 1.87 bits per heavy atom. The molecule has 1 aliphatic carbocycles. The van der Waals surface area contributed by atoms with Crippen LogP contribution in [0.15, 0.2) is 64.7 Å². The number of hydrogen-bond acceptors (Lipinski definition) is 4. The molecule has 4 aliphatic rings. The van der Waals surface area contributed by atoms with Crippen molar-refractivity contribution >= 4 is 40.6 Å². The molecule has 5 nitrogen and oxygen atoms in total. The largest absolute Gasteiger partial charge is 0.358 e. The van der Waals surface area contributed by atoms with E-state index in [2.05, 4.69) is 28.2 Å². The van der Waals surface area contributed by atoms with E-state index in [1.807, 2.05) is 31.2 Å². The number of amides is 1. The zero-order valence-electron chi connectivity index (χ0n) is 21.6. The Kier molecular flexibility index (Phi) is 6.61. The maximum Gasteiger partial charge on any atom is 0.237 e. The summed E-state index contributed by atoms with van der Waals surface area (Å²) in [5.41, 5.74) is 2.17. The first kappa shape index (κ1) is 25.6. The fourth-order valence-corrected chi connectivity index (χ4v) is 7.18. The number of aliphatic imine (C=N–C) groups is 1. The van der Waals surface area contributed by atoms with Crippen molar-refractivity contribution in [2.75, 3.05) is 38.5 Å². The van der Waals surface area contributed by atoms with Crippen LogP contribution in [0, 0.1) is 24.6 Å². The lowest BCUT2D eigenvalue weighted by Gasteiger charge is -2.49. The van der Waals surface area contributed by atoms with E-state index in [9.17, 15) is 9.18 Å². The normalized spacial score (nSPS) is 29.2. The average molecular weight is 554 g/mol. The Labute approximate surface area is 233 Å². The van der Waals surface area contributed by atoms with Crippen LogP contribution in [0.3, 0.4) is 0 Å². The Morgan fingerprint density at radius 1 is 1.08 bits per heavy atom. The third kappa shape index (κ3) is 4.18. The van der Waals surface area contributed by atoms with Crippen LogP contribution in [0.5, 0.6) is 0 Å². The molecule has 2 aromatic carbocycles. The molecule has 1 spiro atoms. The minimum absolute atomic E-state index is 0.00853. The molecule has 1 saturated heterocycles. The molecule has 0 aromatic heterocycles. The van der Waals surface area contributed by atoms with E-state index >= 15 is 0 Å². The zero-order chi connectivity index (χ0) is 26.6. The van der Waals surface area contributed by atoms with Gasteiger partial charge in [0.1, 0.15) is 17.1 Å². The van der Waals surface area contributed by atoms with Crippen LogP contribution in [0.4, 0.5) is 10.1 Å². The Balaban J connectivity index is 1.60. The van der Waals surface area contributed by atoms with Gasteiger partial charge in [-0.2, -0.15) is 0 Å². The van der Waals surface area contributed by atoms with Crippen molar-refractivity contribution in [3.05, 3.63) is 87.2 Å². The number of amidine groups is 1. The molecule has 1 unspecified atom stereocenters. The fourth-order valence-electron chi connectivity index (χ4n) is 6.76. The number of anilines is 1. The molecule has 1 N–H and O–H groups in total. The van der Waals surface area contributed by atoms with Crippen molar-refractivity contribution in [2.45, 2.75) is 31.2 Å². The highest BCUT2D eigenvalue weighted by Crippen LogP contribution is 2.59. The van der Waals surface area contributed by atoms with Crippen molar-refractivity contribution in [1.29, 1.82) is 0 Å². The van der Waals surface area contributed by atoms with Gasteiger partial charge in [-0.15, -0.1) is 0 Å². The molecule has 1 amide bonds. The van der Waals surface area contributed by atoms with E-state index in [4.69, 9.17) is 28.2 Å². The number of rotatable bonds is 2. The van der Waals surface area contributed by atoms with Gasteiger partial charge in [-0.25, -0.2) is 4.39 Å². The van der Waals surface area contributed by atoms with Crippen molar-refractivity contribution < 1.29 is 9.18 Å². The minimum atomic E-state index is -1.04. The number of nitrogens with zero attached hydrogens (tertiary/aromatic N) is 3. The number of piperazine rings is 1. The topological polar surface area (TPSA) is 47.9 Å². The molecule has 6 rings (SSSR count). The fraction of sp³-hybridized carbons (Fsp3) is 0.400. The lowest BCUT2D eigenvalue weighted by Crippen LogP contribution is -2.56. The van der Waals surface area contributed by atoms with Crippen LogP contribution in [0.25, 0.3) is 0 Å². The molecule has 3 aliphatic heterocycles. The van der Waals surface area contributed by atoms with E-state index in [-0.39, 0.29) is 23.6 Å². The van der Waals surface area contributed by atoms with Crippen molar-refractivity contribution in [3.8, 4) is 0 Å². The number of carbonyl (C=O) groups is 1. The van der Waals surface area contributed by atoms with Gasteiger partial charge in [0.05, 0.1) is 6.04 Å². The number of likely N-dealkylation sites (N-methyl/N-ethyl adjacent to an activating group) is 1. The van der Waals surface area contributed by atoms with Crippen LogP contribution in [-0.2, 0) is 10.2 Å². The number of fused-ring (bicyclic) bond motifs is 2. The van der Waals surface area contributed by atoms with Gasteiger partial charge in [-0.1, -0.05) is 47.5 Å². The second-order valence-electron chi connectivity index (χ2n) is 10.9. The van der Waals surface area contributed by atoms with E-state index < -0.39 is 11.5 Å². The molecular weight excluding hydrogens is 522 g/mol. The highest BCUT2D eigenvalue weighted by molar-refractivity contribution is 6.31. The number of carbonyl (C=O) groups excluding carboxylic acids is 1. The van der Waals surface area contributed by atoms with Gasteiger partial charge in [0, 0.05) is 48.3 Å². The molecule has 38 heavy (non-hydrogen) atoms. The summed E-state index contributed by atoms with van der Waals surface area (Å²) in [6.07, 6.45) is 7.35. The standard InChI is InChI=1S/C30H31Cl2FN4O/c1-18-6-8-22(33)16-23(18)28-30(24-9-7-21(32)15-26(24)34-29(30)38)25(19-4-3-5-20(31)14-19)17-27(35-28)37-12-10-36(2)11-13-37/h3-9,15-16,19,25,28H,10-14,17H2,1-2H3,(H,34,38)/t19?,25-,28+,30-/m0/s1. The van der Waals surface area contributed by atoms with Crippen molar-refractivity contribution in [1.82, 2.24) is 9.80 Å². The Hall–Kier alpha value is -2.67. The van der Waals surface area contributed by atoms with Crippen LogP contribution in [0.1, 0.15) is 35.6 Å². The van der Waals surface area contributed by atoms with Gasteiger partial charge >= 0.3 is 0 Å². The van der Waals surface area contributed by atoms with Crippen LogP contribution in [0.2, 0.25) is 5.02 Å². The van der Waals surface area contributed by atoms with Crippen molar-refractivity contribution in [3.63, 3.8) is 0 Å². The first-order chi connectivity index (χ1) is 18.3. The molecule has 2 aromatic rings. The molecule has 4 atom stereocenters. The number of aryl methyl sites for hydroxylation is 1. The van der Waals surface area contributed by atoms with E-state index in [0.29, 0.717) is 23.6 Å². The molecule has 198 valence electrons. The maximum atomic E-state index is 14.8. The monoisotopic (exact) mass is 552 g/mol. The molecule has 1 fully saturated rings. The highest BCUT2D eigenvalue weighted by atomic mass is 35.5. The smallest absolute Gasteiger partial charge is 0.237 e. The zero-order valence-corrected chi connectivity index (χ0v) is 23.1. The van der Waals surface area contributed by atoms with E-state index in [1.54, 1.807) is 18.2 Å². The molecular formula is C30H31Cl2FN4O. The summed E-state index contributed by atoms with van der Waals surface area (Å²) in [4.78, 5) is 24.4. The number of hydrogen-bond donors (Lipinski definition) is 1. The molecule has 0 radical (unpaired) electrons. The molecule has 0 bridgehead atoms. The summed E-state index contributed by atoms with van der Waals surface area (Å²) < 4.78 is 14.8. The Morgan fingerprint density at radius 3 is 2.63 bits per heavy atom. The van der Waals surface area contributed by atoms with Gasteiger partial charge in [0.2, 0.25) is 5.91 Å². The summed E-state index contributed by atoms with van der Waals surface area (Å²) in [7, 11) is 2.13. The van der Waals surface area contributed by atoms with Crippen molar-refractivity contribution in [2.24, 2.45) is 16.8 Å². The first-order valence-corrected chi connectivity index (χ1v) is 13.9. The summed E-state index contributed by atoms with van der Waals surface area (Å²) in [6.45, 7) is 5.58. The minimum Gasteiger partial charge on any atom is -0.358 e. The third-order valence-electron chi connectivity index (χ3n) is 8.74.